The first kappa shape index (κ1) is 15.8. The number of nitrogens with one attached hydrogen (secondary N) is 2. The SMILES string of the molecule is Cc1ccncc1Nc1cc2cc(OC3CCNCC3)ccc2cn1. The molecule has 1 aliphatic heterocycles. The van der Waals surface area contributed by atoms with Crippen LogP contribution in [0, 0.1) is 6.92 Å². The van der Waals surface area contributed by atoms with E-state index in [9.17, 15) is 0 Å². The summed E-state index contributed by atoms with van der Waals surface area (Å²) in [5.41, 5.74) is 2.11. The number of piperidine rings is 1. The first-order valence-electron chi connectivity index (χ1n) is 8.73. The average molecular weight is 334 g/mol. The molecule has 0 radical (unpaired) electrons. The Balaban J connectivity index is 1.57. The van der Waals surface area contributed by atoms with E-state index in [4.69, 9.17) is 4.74 Å². The summed E-state index contributed by atoms with van der Waals surface area (Å²) in [5.74, 6) is 1.73. The molecule has 1 saturated heterocycles. The molecular formula is C20H22N4O. The first-order chi connectivity index (χ1) is 12.3. The summed E-state index contributed by atoms with van der Waals surface area (Å²) in [6, 6.07) is 10.2. The zero-order valence-corrected chi connectivity index (χ0v) is 14.3. The highest BCUT2D eigenvalue weighted by Crippen LogP contribution is 2.26. The van der Waals surface area contributed by atoms with E-state index in [0.717, 1.165) is 59.5 Å². The fraction of sp³-hybridized carbons (Fsp3) is 0.300. The van der Waals surface area contributed by atoms with Crippen LogP contribution in [0.3, 0.4) is 0 Å². The van der Waals surface area contributed by atoms with Crippen molar-refractivity contribution in [1.29, 1.82) is 0 Å². The Morgan fingerprint density at radius 2 is 1.96 bits per heavy atom. The van der Waals surface area contributed by atoms with Crippen molar-refractivity contribution >= 4 is 22.3 Å². The molecule has 0 amide bonds. The van der Waals surface area contributed by atoms with Gasteiger partial charge in [0.25, 0.3) is 0 Å². The smallest absolute Gasteiger partial charge is 0.130 e. The van der Waals surface area contributed by atoms with Crippen LogP contribution in [0.25, 0.3) is 10.8 Å². The Hall–Kier alpha value is -2.66. The van der Waals surface area contributed by atoms with Gasteiger partial charge in [0.2, 0.25) is 0 Å². The second kappa shape index (κ2) is 7.07. The molecule has 2 N–H and O–H groups in total. The van der Waals surface area contributed by atoms with Crippen LogP contribution in [-0.4, -0.2) is 29.2 Å². The number of hydrogen-bond acceptors (Lipinski definition) is 5. The third-order valence-electron chi connectivity index (χ3n) is 4.58. The summed E-state index contributed by atoms with van der Waals surface area (Å²) < 4.78 is 6.15. The fourth-order valence-electron chi connectivity index (χ4n) is 3.10. The van der Waals surface area contributed by atoms with Crippen LogP contribution in [0.1, 0.15) is 18.4 Å². The highest BCUT2D eigenvalue weighted by molar-refractivity contribution is 5.85. The minimum atomic E-state index is 0.302. The third-order valence-corrected chi connectivity index (χ3v) is 4.58. The van der Waals surface area contributed by atoms with Crippen LogP contribution >= 0.6 is 0 Å². The van der Waals surface area contributed by atoms with Gasteiger partial charge in [-0.3, -0.25) is 4.98 Å². The molecule has 1 aliphatic rings. The third kappa shape index (κ3) is 3.72. The van der Waals surface area contributed by atoms with Gasteiger partial charge in [-0.15, -0.1) is 0 Å². The molecule has 3 aromatic rings. The van der Waals surface area contributed by atoms with Crippen LogP contribution < -0.4 is 15.4 Å². The van der Waals surface area contributed by atoms with Gasteiger partial charge >= 0.3 is 0 Å². The molecular weight excluding hydrogens is 312 g/mol. The van der Waals surface area contributed by atoms with Crippen LogP contribution in [0.2, 0.25) is 0 Å². The minimum absolute atomic E-state index is 0.302. The van der Waals surface area contributed by atoms with E-state index in [1.54, 1.807) is 6.20 Å². The molecule has 25 heavy (non-hydrogen) atoms. The average Bonchev–Trinajstić information content (AvgIpc) is 2.64. The Bertz CT molecular complexity index is 874. The molecule has 1 fully saturated rings. The van der Waals surface area contributed by atoms with Crippen LogP contribution in [0.15, 0.2) is 48.9 Å². The lowest BCUT2D eigenvalue weighted by atomic mass is 10.1. The maximum absolute atomic E-state index is 6.15. The molecule has 0 aliphatic carbocycles. The van der Waals surface area contributed by atoms with E-state index < -0.39 is 0 Å². The molecule has 0 bridgehead atoms. The molecule has 128 valence electrons. The Morgan fingerprint density at radius 3 is 2.80 bits per heavy atom. The Morgan fingerprint density at radius 1 is 1.08 bits per heavy atom. The topological polar surface area (TPSA) is 59.1 Å². The molecule has 0 atom stereocenters. The van der Waals surface area contributed by atoms with E-state index in [1.165, 1.54) is 0 Å². The highest BCUT2D eigenvalue weighted by Gasteiger charge is 2.14. The fourth-order valence-corrected chi connectivity index (χ4v) is 3.10. The summed E-state index contributed by atoms with van der Waals surface area (Å²) >= 11 is 0. The van der Waals surface area contributed by atoms with Gasteiger partial charge < -0.3 is 15.4 Å². The van der Waals surface area contributed by atoms with Gasteiger partial charge in [-0.1, -0.05) is 0 Å². The zero-order valence-electron chi connectivity index (χ0n) is 14.3. The van der Waals surface area contributed by atoms with Gasteiger partial charge in [-0.2, -0.15) is 0 Å². The molecule has 0 unspecified atom stereocenters. The molecule has 0 spiro atoms. The van der Waals surface area contributed by atoms with Gasteiger partial charge in [0.15, 0.2) is 0 Å². The summed E-state index contributed by atoms with van der Waals surface area (Å²) in [5, 5.41) is 8.93. The van der Waals surface area contributed by atoms with Crippen molar-refractivity contribution in [2.75, 3.05) is 18.4 Å². The van der Waals surface area contributed by atoms with E-state index in [0.29, 0.717) is 6.10 Å². The normalized spacial score (nSPS) is 15.2. The predicted molar refractivity (Wildman–Crippen MR) is 101 cm³/mol. The molecule has 4 rings (SSSR count). The second-order valence-electron chi connectivity index (χ2n) is 6.46. The number of ether oxygens (including phenoxy) is 1. The number of benzene rings is 1. The number of pyridine rings is 2. The van der Waals surface area contributed by atoms with E-state index in [-0.39, 0.29) is 0 Å². The number of nitrogens with zero attached hydrogens (tertiary/aromatic N) is 2. The van der Waals surface area contributed by atoms with Crippen molar-refractivity contribution in [2.24, 2.45) is 0 Å². The summed E-state index contributed by atoms with van der Waals surface area (Å²) in [7, 11) is 0. The molecule has 3 heterocycles. The summed E-state index contributed by atoms with van der Waals surface area (Å²) in [6.45, 7) is 4.11. The quantitative estimate of drug-likeness (QED) is 0.760. The van der Waals surface area contributed by atoms with Gasteiger partial charge in [0.1, 0.15) is 17.7 Å². The molecule has 5 heteroatoms. The molecule has 0 saturated carbocycles. The number of fused-ring (bicyclic) bond motifs is 1. The number of anilines is 2. The van der Waals surface area contributed by atoms with Gasteiger partial charge in [0, 0.05) is 17.8 Å². The van der Waals surface area contributed by atoms with Crippen molar-refractivity contribution in [3.8, 4) is 5.75 Å². The Kier molecular flexibility index (Phi) is 4.48. The van der Waals surface area contributed by atoms with E-state index in [2.05, 4.69) is 45.7 Å². The Labute approximate surface area is 147 Å². The van der Waals surface area contributed by atoms with Crippen molar-refractivity contribution < 1.29 is 4.74 Å². The first-order valence-corrected chi connectivity index (χ1v) is 8.73. The van der Waals surface area contributed by atoms with E-state index in [1.807, 2.05) is 24.5 Å². The minimum Gasteiger partial charge on any atom is -0.490 e. The van der Waals surface area contributed by atoms with E-state index >= 15 is 0 Å². The van der Waals surface area contributed by atoms with Crippen molar-refractivity contribution in [3.05, 3.63) is 54.5 Å². The molecule has 1 aromatic carbocycles. The highest BCUT2D eigenvalue weighted by atomic mass is 16.5. The monoisotopic (exact) mass is 334 g/mol. The number of rotatable bonds is 4. The van der Waals surface area contributed by atoms with Crippen LogP contribution in [0.5, 0.6) is 5.75 Å². The van der Waals surface area contributed by atoms with Crippen LogP contribution in [-0.2, 0) is 0 Å². The standard InChI is InChI=1S/C20H22N4O/c1-14-4-7-22-13-19(14)24-20-11-16-10-18(3-2-15(16)12-23-20)25-17-5-8-21-9-6-17/h2-4,7,10-13,17,21H,5-6,8-9H2,1H3,(H,23,24). The summed E-state index contributed by atoms with van der Waals surface area (Å²) in [6.07, 6.45) is 7.91. The van der Waals surface area contributed by atoms with Gasteiger partial charge in [-0.25, -0.2) is 4.98 Å². The number of hydrogen-bond donors (Lipinski definition) is 2. The zero-order chi connectivity index (χ0) is 17.1. The summed E-state index contributed by atoms with van der Waals surface area (Å²) in [4.78, 5) is 8.67. The molecule has 5 nitrogen and oxygen atoms in total. The number of aromatic nitrogens is 2. The maximum Gasteiger partial charge on any atom is 0.130 e. The van der Waals surface area contributed by atoms with Gasteiger partial charge in [-0.05, 0) is 74.1 Å². The maximum atomic E-state index is 6.15. The lowest BCUT2D eigenvalue weighted by molar-refractivity contribution is 0.162. The van der Waals surface area contributed by atoms with Gasteiger partial charge in [0.05, 0.1) is 11.9 Å². The van der Waals surface area contributed by atoms with Crippen molar-refractivity contribution in [3.63, 3.8) is 0 Å². The van der Waals surface area contributed by atoms with Crippen LogP contribution in [0.4, 0.5) is 11.5 Å². The van der Waals surface area contributed by atoms with Crippen molar-refractivity contribution in [1.82, 2.24) is 15.3 Å². The molecule has 2 aromatic heterocycles. The predicted octanol–water partition coefficient (Wildman–Crippen LogP) is 3.81. The lowest BCUT2D eigenvalue weighted by Gasteiger charge is -2.24. The second-order valence-corrected chi connectivity index (χ2v) is 6.46. The largest absolute Gasteiger partial charge is 0.490 e. The van der Waals surface area contributed by atoms with Crippen molar-refractivity contribution in [2.45, 2.75) is 25.9 Å². The number of aryl methyl sites for hydroxylation is 1. The lowest BCUT2D eigenvalue weighted by Crippen LogP contribution is -2.34.